The fourth-order valence-electron chi connectivity index (χ4n) is 3.85. The Labute approximate surface area is 168 Å². The number of halogens is 1. The Bertz CT molecular complexity index is 896. The van der Waals surface area contributed by atoms with Crippen molar-refractivity contribution in [1.82, 2.24) is 4.98 Å². The summed E-state index contributed by atoms with van der Waals surface area (Å²) in [6.07, 6.45) is 11.5. The van der Waals surface area contributed by atoms with Gasteiger partial charge in [-0.15, -0.1) is 12.4 Å². The highest BCUT2D eigenvalue weighted by Gasteiger charge is 2.21. The smallest absolute Gasteiger partial charge is 0.128 e. The van der Waals surface area contributed by atoms with Crippen molar-refractivity contribution < 1.29 is 0 Å². The predicted octanol–water partition coefficient (Wildman–Crippen LogP) is 6.29. The molecule has 1 fully saturated rings. The molecule has 0 N–H and O–H groups in total. The van der Waals surface area contributed by atoms with Crippen molar-refractivity contribution in [1.29, 1.82) is 0 Å². The van der Waals surface area contributed by atoms with E-state index in [2.05, 4.69) is 78.6 Å². The summed E-state index contributed by atoms with van der Waals surface area (Å²) in [5.74, 6) is 1.11. The van der Waals surface area contributed by atoms with Crippen LogP contribution in [0.15, 0.2) is 66.9 Å². The Morgan fingerprint density at radius 3 is 2.70 bits per heavy atom. The minimum atomic E-state index is 0. The molecule has 0 spiro atoms. The van der Waals surface area contributed by atoms with E-state index < -0.39 is 0 Å². The number of aromatic nitrogens is 1. The molecule has 27 heavy (non-hydrogen) atoms. The molecule has 1 aliphatic rings. The first-order valence-electron chi connectivity index (χ1n) is 9.72. The molecule has 0 saturated carbocycles. The molecule has 0 bridgehead atoms. The first kappa shape index (κ1) is 19.4. The highest BCUT2D eigenvalue weighted by Crippen LogP contribution is 2.26. The van der Waals surface area contributed by atoms with Gasteiger partial charge in [-0.25, -0.2) is 4.98 Å². The molecule has 0 amide bonds. The van der Waals surface area contributed by atoms with E-state index in [1.807, 2.05) is 6.20 Å². The molecular weight excluding hydrogens is 352 g/mol. The van der Waals surface area contributed by atoms with E-state index >= 15 is 0 Å². The largest absolute Gasteiger partial charge is 0.350 e. The molecule has 1 atom stereocenters. The number of aryl methyl sites for hydroxylation is 1. The maximum absolute atomic E-state index is 4.72. The van der Waals surface area contributed by atoms with Crippen LogP contribution < -0.4 is 4.90 Å². The minimum Gasteiger partial charge on any atom is -0.350 e. The molecule has 1 aromatic heterocycles. The van der Waals surface area contributed by atoms with Gasteiger partial charge in [0.2, 0.25) is 0 Å². The van der Waals surface area contributed by atoms with Crippen LogP contribution in [0.1, 0.15) is 37.3 Å². The highest BCUT2D eigenvalue weighted by atomic mass is 35.5. The molecule has 1 unspecified atom stereocenters. The number of hydrogen-bond donors (Lipinski definition) is 0. The topological polar surface area (TPSA) is 16.1 Å². The molecular formula is C24H27ClN2. The first-order chi connectivity index (χ1) is 12.8. The predicted molar refractivity (Wildman–Crippen MR) is 119 cm³/mol. The summed E-state index contributed by atoms with van der Waals surface area (Å²) in [5, 5.41) is 2.62. The quantitative estimate of drug-likeness (QED) is 0.530. The number of hydrogen-bond acceptors (Lipinski definition) is 2. The van der Waals surface area contributed by atoms with Crippen molar-refractivity contribution in [2.24, 2.45) is 0 Å². The van der Waals surface area contributed by atoms with Crippen LogP contribution in [0.4, 0.5) is 5.82 Å². The summed E-state index contributed by atoms with van der Waals surface area (Å²) in [6.45, 7) is 3.26. The van der Waals surface area contributed by atoms with Crippen LogP contribution in [0.5, 0.6) is 0 Å². The van der Waals surface area contributed by atoms with E-state index in [0.29, 0.717) is 6.04 Å². The maximum atomic E-state index is 4.72. The summed E-state index contributed by atoms with van der Waals surface area (Å²) < 4.78 is 0. The van der Waals surface area contributed by atoms with Crippen LogP contribution in [0.2, 0.25) is 0 Å². The van der Waals surface area contributed by atoms with Gasteiger partial charge in [-0.2, -0.15) is 0 Å². The molecule has 2 aromatic carbocycles. The third-order valence-corrected chi connectivity index (χ3v) is 5.38. The van der Waals surface area contributed by atoms with E-state index in [-0.39, 0.29) is 12.4 Å². The maximum Gasteiger partial charge on any atom is 0.128 e. The van der Waals surface area contributed by atoms with Crippen molar-refractivity contribution in [3.8, 4) is 0 Å². The first-order valence-corrected chi connectivity index (χ1v) is 9.72. The van der Waals surface area contributed by atoms with Crippen LogP contribution in [-0.4, -0.2) is 17.6 Å². The molecule has 0 aliphatic carbocycles. The van der Waals surface area contributed by atoms with Gasteiger partial charge in [-0.1, -0.05) is 67.6 Å². The third kappa shape index (κ3) is 4.33. The molecule has 1 saturated heterocycles. The molecule has 140 valence electrons. The summed E-state index contributed by atoms with van der Waals surface area (Å²) in [5.41, 5.74) is 2.59. The van der Waals surface area contributed by atoms with E-state index in [4.69, 9.17) is 4.98 Å². The second kappa shape index (κ2) is 9.05. The molecule has 1 aliphatic heterocycles. The average Bonchev–Trinajstić information content (AvgIpc) is 2.72. The standard InChI is InChI=1S/C24H26N2.ClH/c1-2-19-13-16-24(25-18-19)26-17-6-5-11-22(26)15-14-21-10-7-9-20-8-3-4-12-23(20)21;/h3-4,7-10,12-16,18,22H,2,5-6,11,17H2,1H3;1H. The van der Waals surface area contributed by atoms with Gasteiger partial charge >= 0.3 is 0 Å². The molecule has 0 radical (unpaired) electrons. The van der Waals surface area contributed by atoms with Crippen molar-refractivity contribution >= 4 is 35.1 Å². The number of benzene rings is 2. The summed E-state index contributed by atoms with van der Waals surface area (Å²) >= 11 is 0. The van der Waals surface area contributed by atoms with Gasteiger partial charge in [-0.05, 0) is 53.6 Å². The zero-order valence-electron chi connectivity index (χ0n) is 15.8. The normalized spacial score (nSPS) is 17.2. The number of nitrogens with zero attached hydrogens (tertiary/aromatic N) is 2. The van der Waals surface area contributed by atoms with Gasteiger partial charge in [0.1, 0.15) is 5.82 Å². The lowest BCUT2D eigenvalue weighted by molar-refractivity contribution is 0.511. The Hall–Kier alpha value is -2.32. The Balaban J connectivity index is 0.00000210. The zero-order chi connectivity index (χ0) is 17.8. The molecule has 2 heterocycles. The molecule has 3 heteroatoms. The second-order valence-corrected chi connectivity index (χ2v) is 7.06. The minimum absolute atomic E-state index is 0. The zero-order valence-corrected chi connectivity index (χ0v) is 16.7. The number of piperidine rings is 1. The molecule has 2 nitrogen and oxygen atoms in total. The Morgan fingerprint density at radius 2 is 1.89 bits per heavy atom. The van der Waals surface area contributed by atoms with Crippen LogP contribution >= 0.6 is 12.4 Å². The van der Waals surface area contributed by atoms with Crippen molar-refractivity contribution in [2.45, 2.75) is 38.6 Å². The summed E-state index contributed by atoms with van der Waals surface area (Å²) in [6, 6.07) is 20.0. The van der Waals surface area contributed by atoms with Crippen molar-refractivity contribution in [2.75, 3.05) is 11.4 Å². The second-order valence-electron chi connectivity index (χ2n) is 7.06. The number of fused-ring (bicyclic) bond motifs is 1. The van der Waals surface area contributed by atoms with Gasteiger partial charge in [0.05, 0.1) is 0 Å². The van der Waals surface area contributed by atoms with Crippen molar-refractivity contribution in [3.63, 3.8) is 0 Å². The summed E-state index contributed by atoms with van der Waals surface area (Å²) in [7, 11) is 0. The van der Waals surface area contributed by atoms with Gasteiger partial charge in [0.25, 0.3) is 0 Å². The Kier molecular flexibility index (Phi) is 6.52. The van der Waals surface area contributed by atoms with Gasteiger partial charge in [0, 0.05) is 18.8 Å². The Morgan fingerprint density at radius 1 is 1.04 bits per heavy atom. The van der Waals surface area contributed by atoms with Gasteiger partial charge in [0.15, 0.2) is 0 Å². The monoisotopic (exact) mass is 378 g/mol. The van der Waals surface area contributed by atoms with Gasteiger partial charge in [-0.3, -0.25) is 0 Å². The molecule has 3 aromatic rings. The third-order valence-electron chi connectivity index (χ3n) is 5.38. The number of rotatable bonds is 4. The summed E-state index contributed by atoms with van der Waals surface area (Å²) in [4.78, 5) is 7.18. The van der Waals surface area contributed by atoms with Crippen LogP contribution in [0, 0.1) is 0 Å². The number of pyridine rings is 1. The van der Waals surface area contributed by atoms with Crippen LogP contribution in [-0.2, 0) is 6.42 Å². The molecule has 4 rings (SSSR count). The van der Waals surface area contributed by atoms with Crippen LogP contribution in [0.25, 0.3) is 16.8 Å². The lowest BCUT2D eigenvalue weighted by Crippen LogP contribution is -2.38. The number of anilines is 1. The van der Waals surface area contributed by atoms with E-state index in [1.165, 1.54) is 41.2 Å². The average molecular weight is 379 g/mol. The highest BCUT2D eigenvalue weighted by molar-refractivity contribution is 5.90. The van der Waals surface area contributed by atoms with Gasteiger partial charge < -0.3 is 4.90 Å². The fourth-order valence-corrected chi connectivity index (χ4v) is 3.85. The van der Waals surface area contributed by atoms with E-state index in [0.717, 1.165) is 18.8 Å². The van der Waals surface area contributed by atoms with E-state index in [1.54, 1.807) is 0 Å². The SMILES string of the molecule is CCc1ccc(N2CCCCC2C=Cc2cccc3ccccc23)nc1.Cl. The lowest BCUT2D eigenvalue weighted by atomic mass is 9.99. The fraction of sp³-hybridized carbons (Fsp3) is 0.292. The van der Waals surface area contributed by atoms with E-state index in [9.17, 15) is 0 Å². The van der Waals surface area contributed by atoms with Crippen molar-refractivity contribution in [3.05, 3.63) is 78.0 Å². The van der Waals surface area contributed by atoms with Crippen LogP contribution in [0.3, 0.4) is 0 Å². The lowest BCUT2D eigenvalue weighted by Gasteiger charge is -2.35.